The number of nitrogens with two attached hydrogens (primary N) is 1. The molecule has 1 atom stereocenters. The zero-order valence-electron chi connectivity index (χ0n) is 10.5. The topological polar surface area (TPSA) is 80.4 Å². The lowest BCUT2D eigenvalue weighted by Gasteiger charge is -2.19. The van der Waals surface area contributed by atoms with Crippen molar-refractivity contribution in [2.24, 2.45) is 11.7 Å². The van der Waals surface area contributed by atoms with Crippen LogP contribution in [0.1, 0.15) is 64.2 Å². The monoisotopic (exact) mass is 263 g/mol. The SMILES string of the molecule is NC(CCCC1CCCCCCC1)S(=O)(=O)O. The number of hydrogen-bond acceptors (Lipinski definition) is 3. The molecule has 5 heteroatoms. The van der Waals surface area contributed by atoms with E-state index in [1.807, 2.05) is 0 Å². The molecule has 0 aliphatic heterocycles. The van der Waals surface area contributed by atoms with Crippen molar-refractivity contribution in [1.82, 2.24) is 0 Å². The number of rotatable bonds is 5. The molecule has 102 valence electrons. The van der Waals surface area contributed by atoms with Gasteiger partial charge in [-0.2, -0.15) is 8.42 Å². The van der Waals surface area contributed by atoms with E-state index in [1.165, 1.54) is 44.9 Å². The van der Waals surface area contributed by atoms with Crippen LogP contribution in [0.4, 0.5) is 0 Å². The van der Waals surface area contributed by atoms with E-state index in [9.17, 15) is 8.42 Å². The molecule has 0 amide bonds. The summed E-state index contributed by atoms with van der Waals surface area (Å²) in [7, 11) is -4.04. The van der Waals surface area contributed by atoms with Crippen LogP contribution < -0.4 is 5.73 Å². The van der Waals surface area contributed by atoms with E-state index in [1.54, 1.807) is 0 Å². The average Bonchev–Trinajstić information content (AvgIpc) is 2.19. The maximum atomic E-state index is 10.7. The highest BCUT2D eigenvalue weighted by Crippen LogP contribution is 2.26. The lowest BCUT2D eigenvalue weighted by molar-refractivity contribution is 0.346. The molecule has 1 unspecified atom stereocenters. The molecule has 1 saturated carbocycles. The van der Waals surface area contributed by atoms with Gasteiger partial charge in [-0.3, -0.25) is 4.55 Å². The van der Waals surface area contributed by atoms with E-state index in [2.05, 4.69) is 0 Å². The van der Waals surface area contributed by atoms with Crippen LogP contribution in [0, 0.1) is 5.92 Å². The normalized spacial score (nSPS) is 21.8. The predicted molar refractivity (Wildman–Crippen MR) is 69.2 cm³/mol. The van der Waals surface area contributed by atoms with E-state index in [-0.39, 0.29) is 0 Å². The average molecular weight is 263 g/mol. The van der Waals surface area contributed by atoms with Gasteiger partial charge in [0.15, 0.2) is 0 Å². The third-order valence-electron chi connectivity index (χ3n) is 3.71. The molecule has 3 N–H and O–H groups in total. The van der Waals surface area contributed by atoms with Crippen LogP contribution in [0.2, 0.25) is 0 Å². The van der Waals surface area contributed by atoms with Gasteiger partial charge in [0.25, 0.3) is 10.1 Å². The van der Waals surface area contributed by atoms with Gasteiger partial charge in [-0.15, -0.1) is 0 Å². The lowest BCUT2D eigenvalue weighted by Crippen LogP contribution is -2.29. The van der Waals surface area contributed by atoms with Crippen molar-refractivity contribution in [2.75, 3.05) is 0 Å². The molecule has 4 nitrogen and oxygen atoms in total. The Labute approximate surface area is 105 Å². The van der Waals surface area contributed by atoms with Crippen LogP contribution >= 0.6 is 0 Å². The minimum atomic E-state index is -4.04. The Hall–Kier alpha value is -0.130. The largest absolute Gasteiger partial charge is 0.313 e. The molecule has 0 aromatic rings. The first-order valence-electron chi connectivity index (χ1n) is 6.72. The summed E-state index contributed by atoms with van der Waals surface area (Å²) in [5.41, 5.74) is 5.38. The molecule has 0 aromatic heterocycles. The molecular weight excluding hydrogens is 238 g/mol. The highest BCUT2D eigenvalue weighted by atomic mass is 32.2. The van der Waals surface area contributed by atoms with Crippen molar-refractivity contribution in [3.8, 4) is 0 Å². The van der Waals surface area contributed by atoms with Crippen molar-refractivity contribution in [2.45, 2.75) is 69.6 Å². The fourth-order valence-corrected chi connectivity index (χ4v) is 3.05. The third kappa shape index (κ3) is 6.38. The number of hydrogen-bond donors (Lipinski definition) is 2. The molecule has 0 spiro atoms. The van der Waals surface area contributed by atoms with Gasteiger partial charge in [0.2, 0.25) is 0 Å². The van der Waals surface area contributed by atoms with Crippen LogP contribution in [-0.2, 0) is 10.1 Å². The summed E-state index contributed by atoms with van der Waals surface area (Å²) in [5, 5.41) is -1.10. The molecule has 1 fully saturated rings. The second-order valence-corrected chi connectivity index (χ2v) is 6.83. The van der Waals surface area contributed by atoms with E-state index in [0.29, 0.717) is 6.42 Å². The quantitative estimate of drug-likeness (QED) is 0.747. The Morgan fingerprint density at radius 2 is 1.65 bits per heavy atom. The Morgan fingerprint density at radius 1 is 1.12 bits per heavy atom. The molecule has 0 radical (unpaired) electrons. The summed E-state index contributed by atoms with van der Waals surface area (Å²) in [4.78, 5) is 0. The summed E-state index contributed by atoms with van der Waals surface area (Å²) in [6.07, 6.45) is 11.4. The lowest BCUT2D eigenvalue weighted by atomic mass is 9.88. The van der Waals surface area contributed by atoms with E-state index >= 15 is 0 Å². The van der Waals surface area contributed by atoms with E-state index in [4.69, 9.17) is 10.3 Å². The molecule has 1 rings (SSSR count). The maximum Gasteiger partial charge on any atom is 0.280 e. The van der Waals surface area contributed by atoms with Crippen LogP contribution in [0.5, 0.6) is 0 Å². The van der Waals surface area contributed by atoms with Gasteiger partial charge >= 0.3 is 0 Å². The van der Waals surface area contributed by atoms with Crippen LogP contribution in [0.25, 0.3) is 0 Å². The van der Waals surface area contributed by atoms with Crippen molar-refractivity contribution in [1.29, 1.82) is 0 Å². The minimum absolute atomic E-state index is 0.370. The molecular formula is C12H25NO3S. The Kier molecular flexibility index (Phi) is 6.44. The second-order valence-electron chi connectivity index (χ2n) is 5.20. The van der Waals surface area contributed by atoms with Gasteiger partial charge in [-0.05, 0) is 12.3 Å². The third-order valence-corrected chi connectivity index (χ3v) is 4.71. The fourth-order valence-electron chi connectivity index (χ4n) is 2.59. The van der Waals surface area contributed by atoms with E-state index in [0.717, 1.165) is 18.8 Å². The Balaban J connectivity index is 2.20. The highest BCUT2D eigenvalue weighted by molar-refractivity contribution is 7.86. The predicted octanol–water partition coefficient (Wildman–Crippen LogP) is 2.69. The molecule has 0 aromatic carbocycles. The zero-order valence-corrected chi connectivity index (χ0v) is 11.3. The maximum absolute atomic E-state index is 10.7. The van der Waals surface area contributed by atoms with Gasteiger partial charge < -0.3 is 5.73 Å². The minimum Gasteiger partial charge on any atom is -0.313 e. The van der Waals surface area contributed by atoms with Gasteiger partial charge in [-0.25, -0.2) is 0 Å². The molecule has 1 aliphatic rings. The zero-order chi connectivity index (χ0) is 12.7. The highest BCUT2D eigenvalue weighted by Gasteiger charge is 2.18. The van der Waals surface area contributed by atoms with Crippen molar-refractivity contribution >= 4 is 10.1 Å². The standard InChI is InChI=1S/C12H25NO3S/c13-12(17(14,15)16)10-6-9-11-7-4-2-1-3-5-8-11/h11-12H,1-10,13H2,(H,14,15,16). The Morgan fingerprint density at radius 3 is 2.18 bits per heavy atom. The molecule has 0 heterocycles. The Bertz CT molecular complexity index is 295. The summed E-state index contributed by atoms with van der Waals surface area (Å²) in [6, 6.07) is 0. The first-order chi connectivity index (χ1) is 8.00. The molecule has 0 bridgehead atoms. The molecule has 0 saturated heterocycles. The first kappa shape index (κ1) is 14.9. The molecule has 1 aliphatic carbocycles. The van der Waals surface area contributed by atoms with Crippen LogP contribution in [0.15, 0.2) is 0 Å². The van der Waals surface area contributed by atoms with Crippen LogP contribution in [0.3, 0.4) is 0 Å². The van der Waals surface area contributed by atoms with Gasteiger partial charge in [0.05, 0.1) is 0 Å². The molecule has 17 heavy (non-hydrogen) atoms. The van der Waals surface area contributed by atoms with E-state index < -0.39 is 15.5 Å². The second kappa shape index (κ2) is 7.34. The first-order valence-corrected chi connectivity index (χ1v) is 8.22. The summed E-state index contributed by atoms with van der Waals surface area (Å²) < 4.78 is 30.2. The van der Waals surface area contributed by atoms with Gasteiger partial charge in [0, 0.05) is 0 Å². The van der Waals surface area contributed by atoms with Crippen molar-refractivity contribution in [3.63, 3.8) is 0 Å². The fraction of sp³-hybridized carbons (Fsp3) is 1.00. The smallest absolute Gasteiger partial charge is 0.280 e. The van der Waals surface area contributed by atoms with Crippen molar-refractivity contribution in [3.05, 3.63) is 0 Å². The van der Waals surface area contributed by atoms with Gasteiger partial charge in [-0.1, -0.05) is 57.8 Å². The van der Waals surface area contributed by atoms with Crippen molar-refractivity contribution < 1.29 is 13.0 Å². The van der Waals surface area contributed by atoms with Gasteiger partial charge in [0.1, 0.15) is 5.37 Å². The van der Waals surface area contributed by atoms with Crippen LogP contribution in [-0.4, -0.2) is 18.3 Å². The summed E-state index contributed by atoms with van der Waals surface area (Å²) in [6.45, 7) is 0. The summed E-state index contributed by atoms with van der Waals surface area (Å²) in [5.74, 6) is 0.726. The summed E-state index contributed by atoms with van der Waals surface area (Å²) >= 11 is 0.